The number of fused-ring (bicyclic) bond motifs is 1. The maximum Gasteiger partial charge on any atom is 0.237 e. The van der Waals surface area contributed by atoms with E-state index in [1.807, 2.05) is 55.5 Å². The number of nitrogens with one attached hydrogen (secondary N) is 1. The molecular formula is C18H17N3O2S. The van der Waals surface area contributed by atoms with Crippen LogP contribution in [0.2, 0.25) is 0 Å². The lowest BCUT2D eigenvalue weighted by Crippen LogP contribution is -2.22. The van der Waals surface area contributed by atoms with Gasteiger partial charge >= 0.3 is 0 Å². The van der Waals surface area contributed by atoms with Gasteiger partial charge in [-0.05, 0) is 31.2 Å². The maximum atomic E-state index is 12.4. The van der Waals surface area contributed by atoms with Gasteiger partial charge in [-0.2, -0.15) is 0 Å². The summed E-state index contributed by atoms with van der Waals surface area (Å²) in [5.74, 6) is 0.521. The molecule has 1 N–H and O–H groups in total. The quantitative estimate of drug-likeness (QED) is 0.717. The Morgan fingerprint density at radius 3 is 2.62 bits per heavy atom. The van der Waals surface area contributed by atoms with Gasteiger partial charge < -0.3 is 10.1 Å². The molecule has 0 spiro atoms. The molecule has 1 atom stereocenters. The van der Waals surface area contributed by atoms with Crippen molar-refractivity contribution in [2.75, 3.05) is 12.4 Å². The zero-order valence-electron chi connectivity index (χ0n) is 13.4. The van der Waals surface area contributed by atoms with E-state index in [1.165, 1.54) is 11.8 Å². The Kier molecular flexibility index (Phi) is 4.96. The van der Waals surface area contributed by atoms with Gasteiger partial charge in [0.15, 0.2) is 0 Å². The van der Waals surface area contributed by atoms with E-state index < -0.39 is 0 Å². The first-order valence-corrected chi connectivity index (χ1v) is 8.37. The van der Waals surface area contributed by atoms with Crippen molar-refractivity contribution in [3.8, 4) is 5.75 Å². The van der Waals surface area contributed by atoms with E-state index in [0.717, 1.165) is 16.1 Å². The van der Waals surface area contributed by atoms with E-state index in [0.29, 0.717) is 11.4 Å². The molecule has 5 nitrogen and oxygen atoms in total. The van der Waals surface area contributed by atoms with E-state index in [-0.39, 0.29) is 11.2 Å². The van der Waals surface area contributed by atoms with Gasteiger partial charge in [-0.3, -0.25) is 9.78 Å². The number of benzene rings is 2. The highest BCUT2D eigenvalue weighted by Crippen LogP contribution is 2.26. The van der Waals surface area contributed by atoms with Gasteiger partial charge in [0.25, 0.3) is 0 Å². The third kappa shape index (κ3) is 3.65. The minimum Gasteiger partial charge on any atom is -0.495 e. The lowest BCUT2D eigenvalue weighted by Gasteiger charge is -2.13. The summed E-state index contributed by atoms with van der Waals surface area (Å²) in [7, 11) is 1.58. The third-order valence-corrected chi connectivity index (χ3v) is 4.46. The van der Waals surface area contributed by atoms with Gasteiger partial charge in [-0.25, -0.2) is 4.98 Å². The summed E-state index contributed by atoms with van der Waals surface area (Å²) in [5.41, 5.74) is 2.31. The molecule has 0 fully saturated rings. The predicted molar refractivity (Wildman–Crippen MR) is 96.5 cm³/mol. The van der Waals surface area contributed by atoms with Gasteiger partial charge in [0.05, 0.1) is 35.3 Å². The van der Waals surface area contributed by atoms with Crippen molar-refractivity contribution >= 4 is 34.4 Å². The number of hydrogen-bond acceptors (Lipinski definition) is 5. The van der Waals surface area contributed by atoms with Crippen LogP contribution in [0.1, 0.15) is 6.92 Å². The van der Waals surface area contributed by atoms with Crippen molar-refractivity contribution in [2.24, 2.45) is 0 Å². The van der Waals surface area contributed by atoms with Crippen LogP contribution in [0.4, 0.5) is 5.69 Å². The molecule has 0 saturated carbocycles. The number of aromatic nitrogens is 2. The fourth-order valence-corrected chi connectivity index (χ4v) is 3.01. The third-order valence-electron chi connectivity index (χ3n) is 3.46. The number of rotatable bonds is 5. The van der Waals surface area contributed by atoms with Gasteiger partial charge in [0.2, 0.25) is 5.91 Å². The summed E-state index contributed by atoms with van der Waals surface area (Å²) in [6, 6.07) is 15.0. The Morgan fingerprint density at radius 1 is 1.12 bits per heavy atom. The molecule has 0 saturated heterocycles. The molecule has 3 rings (SSSR count). The number of para-hydroxylation sites is 4. The number of carbonyl (C=O) groups excluding carboxylic acids is 1. The van der Waals surface area contributed by atoms with Gasteiger partial charge in [0, 0.05) is 0 Å². The zero-order chi connectivity index (χ0) is 16.9. The molecule has 1 heterocycles. The van der Waals surface area contributed by atoms with Gasteiger partial charge in [-0.15, -0.1) is 0 Å². The Labute approximate surface area is 144 Å². The van der Waals surface area contributed by atoms with E-state index in [1.54, 1.807) is 13.3 Å². The SMILES string of the molecule is COc1ccccc1NC(=O)C(C)Sc1cnc2ccccc2n1. The van der Waals surface area contributed by atoms with E-state index in [4.69, 9.17) is 4.74 Å². The largest absolute Gasteiger partial charge is 0.495 e. The highest BCUT2D eigenvalue weighted by atomic mass is 32.2. The standard InChI is InChI=1S/C18H17N3O2S/c1-12(18(22)21-15-9-5-6-10-16(15)23-2)24-17-11-19-13-7-3-4-8-14(13)20-17/h3-12H,1-2H3,(H,21,22). The summed E-state index contributed by atoms with van der Waals surface area (Å²) < 4.78 is 5.25. The van der Waals surface area contributed by atoms with Crippen LogP contribution < -0.4 is 10.1 Å². The summed E-state index contributed by atoms with van der Waals surface area (Å²) in [6.07, 6.45) is 1.69. The highest BCUT2D eigenvalue weighted by Gasteiger charge is 2.17. The first kappa shape index (κ1) is 16.3. The number of methoxy groups -OCH3 is 1. The van der Waals surface area contributed by atoms with Crippen molar-refractivity contribution in [3.05, 3.63) is 54.7 Å². The van der Waals surface area contributed by atoms with Crippen LogP contribution in [0, 0.1) is 0 Å². The van der Waals surface area contributed by atoms with Crippen LogP contribution in [0.15, 0.2) is 59.8 Å². The molecule has 1 unspecified atom stereocenters. The second kappa shape index (κ2) is 7.31. The summed E-state index contributed by atoms with van der Waals surface area (Å²) in [4.78, 5) is 21.3. The first-order valence-electron chi connectivity index (χ1n) is 7.49. The lowest BCUT2D eigenvalue weighted by atomic mass is 10.3. The molecule has 1 amide bonds. The molecule has 6 heteroatoms. The number of carbonyl (C=O) groups is 1. The topological polar surface area (TPSA) is 64.1 Å². The second-order valence-electron chi connectivity index (χ2n) is 5.15. The van der Waals surface area contributed by atoms with Crippen molar-refractivity contribution in [3.63, 3.8) is 0 Å². The minimum absolute atomic E-state index is 0.112. The smallest absolute Gasteiger partial charge is 0.237 e. The van der Waals surface area contributed by atoms with E-state index in [2.05, 4.69) is 15.3 Å². The molecule has 0 aliphatic carbocycles. The number of anilines is 1. The zero-order valence-corrected chi connectivity index (χ0v) is 14.2. The summed E-state index contributed by atoms with van der Waals surface area (Å²) in [5, 5.41) is 3.29. The monoisotopic (exact) mass is 339 g/mol. The Morgan fingerprint density at radius 2 is 1.83 bits per heavy atom. The Balaban J connectivity index is 1.71. The Hall–Kier alpha value is -2.60. The van der Waals surface area contributed by atoms with Crippen molar-refractivity contribution < 1.29 is 9.53 Å². The van der Waals surface area contributed by atoms with Gasteiger partial charge in [0.1, 0.15) is 10.8 Å². The minimum atomic E-state index is -0.314. The Bertz CT molecular complexity index is 870. The first-order chi connectivity index (χ1) is 11.7. The molecule has 1 aromatic heterocycles. The molecule has 3 aromatic rings. The van der Waals surface area contributed by atoms with Crippen LogP contribution in [0.3, 0.4) is 0 Å². The normalized spacial score (nSPS) is 11.9. The maximum absolute atomic E-state index is 12.4. The molecule has 24 heavy (non-hydrogen) atoms. The van der Waals surface area contributed by atoms with Crippen molar-refractivity contribution in [1.82, 2.24) is 9.97 Å². The van der Waals surface area contributed by atoms with Gasteiger partial charge in [-0.1, -0.05) is 36.0 Å². The molecule has 0 aliphatic heterocycles. The number of ether oxygens (including phenoxy) is 1. The highest BCUT2D eigenvalue weighted by molar-refractivity contribution is 8.00. The average Bonchev–Trinajstić information content (AvgIpc) is 2.62. The van der Waals surface area contributed by atoms with Crippen LogP contribution in [0.5, 0.6) is 5.75 Å². The molecule has 0 bridgehead atoms. The molecule has 122 valence electrons. The average molecular weight is 339 g/mol. The number of nitrogens with zero attached hydrogens (tertiary/aromatic N) is 2. The number of thioether (sulfide) groups is 1. The molecule has 2 aromatic carbocycles. The summed E-state index contributed by atoms with van der Waals surface area (Å²) in [6.45, 7) is 1.84. The molecule has 0 aliphatic rings. The van der Waals surface area contributed by atoms with Crippen LogP contribution in [-0.4, -0.2) is 28.2 Å². The van der Waals surface area contributed by atoms with Crippen LogP contribution in [-0.2, 0) is 4.79 Å². The molecule has 0 radical (unpaired) electrons. The fraction of sp³-hybridized carbons (Fsp3) is 0.167. The predicted octanol–water partition coefficient (Wildman–Crippen LogP) is 3.76. The molecular weight excluding hydrogens is 322 g/mol. The lowest BCUT2D eigenvalue weighted by molar-refractivity contribution is -0.115. The van der Waals surface area contributed by atoms with E-state index >= 15 is 0 Å². The fourth-order valence-electron chi connectivity index (χ4n) is 2.21. The van der Waals surface area contributed by atoms with Crippen molar-refractivity contribution in [1.29, 1.82) is 0 Å². The second-order valence-corrected chi connectivity index (χ2v) is 6.51. The number of hydrogen-bond donors (Lipinski definition) is 1. The van der Waals surface area contributed by atoms with E-state index in [9.17, 15) is 4.79 Å². The van der Waals surface area contributed by atoms with Crippen LogP contribution in [0.25, 0.3) is 11.0 Å². The van der Waals surface area contributed by atoms with Crippen LogP contribution >= 0.6 is 11.8 Å². The number of amides is 1. The summed E-state index contributed by atoms with van der Waals surface area (Å²) >= 11 is 1.37. The van der Waals surface area contributed by atoms with Crippen molar-refractivity contribution in [2.45, 2.75) is 17.2 Å².